The van der Waals surface area contributed by atoms with Crippen molar-refractivity contribution in [3.63, 3.8) is 0 Å². The van der Waals surface area contributed by atoms with Crippen LogP contribution in [0.3, 0.4) is 0 Å². The van der Waals surface area contributed by atoms with E-state index in [1.165, 1.54) is 11.3 Å². The van der Waals surface area contributed by atoms with Gasteiger partial charge in [0.25, 0.3) is 0 Å². The Morgan fingerprint density at radius 1 is 1.48 bits per heavy atom. The zero-order chi connectivity index (χ0) is 16.2. The van der Waals surface area contributed by atoms with E-state index in [0.29, 0.717) is 26.1 Å². The molecule has 5 nitrogen and oxygen atoms in total. The Bertz CT molecular complexity index is 549. The van der Waals surface area contributed by atoms with Crippen LogP contribution in [0.15, 0.2) is 24.3 Å². The van der Waals surface area contributed by atoms with Crippen LogP contribution in [0, 0.1) is 0 Å². The monoisotopic (exact) mass is 318 g/mol. The van der Waals surface area contributed by atoms with E-state index >= 15 is 0 Å². The molecule has 0 aromatic heterocycles. The van der Waals surface area contributed by atoms with Crippen molar-refractivity contribution in [1.82, 2.24) is 5.32 Å². The molecule has 3 atom stereocenters. The third kappa shape index (κ3) is 3.85. The molecule has 1 amide bonds. The fourth-order valence-corrected chi connectivity index (χ4v) is 3.53. The van der Waals surface area contributed by atoms with Crippen LogP contribution >= 0.6 is 0 Å². The molecule has 126 valence electrons. The number of benzene rings is 1. The fraction of sp³-hybridized carbons (Fsp3) is 0.611. The van der Waals surface area contributed by atoms with Gasteiger partial charge in [-0.1, -0.05) is 18.2 Å². The van der Waals surface area contributed by atoms with Crippen molar-refractivity contribution in [1.29, 1.82) is 0 Å². The average molecular weight is 318 g/mol. The number of anilines is 1. The van der Waals surface area contributed by atoms with Gasteiger partial charge < -0.3 is 20.1 Å². The Morgan fingerprint density at radius 2 is 2.30 bits per heavy atom. The maximum absolute atomic E-state index is 12.3. The molecule has 1 aromatic rings. The molecule has 0 radical (unpaired) electrons. The largest absolute Gasteiger partial charge is 0.391 e. The SMILES string of the molecule is CC(CC(=O)N[C@@H]1COCC[C@H]1O)N1CCCc2ccccc21. The summed E-state index contributed by atoms with van der Waals surface area (Å²) in [5.74, 6) is -0.0184. The number of carbonyl (C=O) groups excluding carboxylic acids is 1. The Hall–Kier alpha value is -1.59. The summed E-state index contributed by atoms with van der Waals surface area (Å²) in [4.78, 5) is 14.6. The van der Waals surface area contributed by atoms with E-state index in [0.717, 1.165) is 19.4 Å². The predicted molar refractivity (Wildman–Crippen MR) is 89.6 cm³/mol. The molecular formula is C18H26N2O3. The summed E-state index contributed by atoms with van der Waals surface area (Å²) in [7, 11) is 0. The number of fused-ring (bicyclic) bond motifs is 1. The number of nitrogens with zero attached hydrogens (tertiary/aromatic N) is 1. The first kappa shape index (κ1) is 16.3. The number of ether oxygens (including phenoxy) is 1. The number of nitrogens with one attached hydrogen (secondary N) is 1. The highest BCUT2D eigenvalue weighted by Gasteiger charge is 2.27. The normalized spacial score (nSPS) is 25.6. The Labute approximate surface area is 137 Å². The van der Waals surface area contributed by atoms with Crippen LogP contribution in [0.2, 0.25) is 0 Å². The zero-order valence-corrected chi connectivity index (χ0v) is 13.7. The van der Waals surface area contributed by atoms with Crippen molar-refractivity contribution in [2.75, 3.05) is 24.7 Å². The summed E-state index contributed by atoms with van der Waals surface area (Å²) in [6, 6.07) is 8.30. The van der Waals surface area contributed by atoms with E-state index in [1.54, 1.807) is 0 Å². The molecule has 0 spiro atoms. The predicted octanol–water partition coefficient (Wildman–Crippen LogP) is 1.48. The lowest BCUT2D eigenvalue weighted by atomic mass is 9.99. The lowest BCUT2D eigenvalue weighted by Crippen LogP contribution is -2.50. The van der Waals surface area contributed by atoms with Crippen LogP contribution < -0.4 is 10.2 Å². The van der Waals surface area contributed by atoms with Crippen LogP contribution in [-0.2, 0) is 16.0 Å². The van der Waals surface area contributed by atoms with Gasteiger partial charge in [-0.05, 0) is 37.8 Å². The minimum atomic E-state index is -0.501. The van der Waals surface area contributed by atoms with Crippen molar-refractivity contribution in [3.8, 4) is 0 Å². The van der Waals surface area contributed by atoms with Gasteiger partial charge in [0, 0.05) is 31.3 Å². The average Bonchev–Trinajstić information content (AvgIpc) is 2.56. The number of rotatable bonds is 4. The summed E-state index contributed by atoms with van der Waals surface area (Å²) >= 11 is 0. The highest BCUT2D eigenvalue weighted by Crippen LogP contribution is 2.29. The first-order valence-electron chi connectivity index (χ1n) is 8.55. The molecule has 5 heteroatoms. The maximum atomic E-state index is 12.3. The fourth-order valence-electron chi connectivity index (χ4n) is 3.53. The highest BCUT2D eigenvalue weighted by molar-refractivity contribution is 5.77. The number of para-hydroxylation sites is 1. The first-order chi connectivity index (χ1) is 11.1. The van der Waals surface area contributed by atoms with E-state index in [-0.39, 0.29) is 18.0 Å². The second-order valence-corrected chi connectivity index (χ2v) is 6.58. The van der Waals surface area contributed by atoms with Gasteiger partial charge in [-0.25, -0.2) is 0 Å². The summed E-state index contributed by atoms with van der Waals surface area (Å²) < 4.78 is 5.34. The second-order valence-electron chi connectivity index (χ2n) is 6.58. The van der Waals surface area contributed by atoms with E-state index in [4.69, 9.17) is 4.74 Å². The van der Waals surface area contributed by atoms with Crippen LogP contribution in [-0.4, -0.2) is 49.0 Å². The number of hydrogen-bond donors (Lipinski definition) is 2. The van der Waals surface area contributed by atoms with Gasteiger partial charge in [0.2, 0.25) is 5.91 Å². The maximum Gasteiger partial charge on any atom is 0.222 e. The molecule has 1 fully saturated rings. The molecule has 0 aliphatic carbocycles. The number of carbonyl (C=O) groups is 1. The Balaban J connectivity index is 1.59. The van der Waals surface area contributed by atoms with Crippen molar-refractivity contribution in [3.05, 3.63) is 29.8 Å². The Morgan fingerprint density at radius 3 is 3.13 bits per heavy atom. The van der Waals surface area contributed by atoms with E-state index in [1.807, 2.05) is 0 Å². The van der Waals surface area contributed by atoms with Crippen molar-refractivity contribution >= 4 is 11.6 Å². The lowest BCUT2D eigenvalue weighted by Gasteiger charge is -2.36. The molecule has 0 bridgehead atoms. The van der Waals surface area contributed by atoms with Crippen molar-refractivity contribution < 1.29 is 14.6 Å². The van der Waals surface area contributed by atoms with E-state index in [2.05, 4.69) is 41.4 Å². The van der Waals surface area contributed by atoms with E-state index < -0.39 is 6.10 Å². The number of hydrogen-bond acceptors (Lipinski definition) is 4. The van der Waals surface area contributed by atoms with Crippen LogP contribution in [0.25, 0.3) is 0 Å². The molecule has 2 heterocycles. The van der Waals surface area contributed by atoms with Crippen LogP contribution in [0.4, 0.5) is 5.69 Å². The van der Waals surface area contributed by atoms with Gasteiger partial charge in [0.15, 0.2) is 0 Å². The van der Waals surface area contributed by atoms with Crippen LogP contribution in [0.1, 0.15) is 31.7 Å². The molecule has 2 aliphatic rings. The molecule has 1 aromatic carbocycles. The molecule has 1 saturated heterocycles. The third-order valence-electron chi connectivity index (χ3n) is 4.83. The molecule has 1 unspecified atom stereocenters. The smallest absolute Gasteiger partial charge is 0.222 e. The van der Waals surface area contributed by atoms with Gasteiger partial charge in [0.1, 0.15) is 0 Å². The van der Waals surface area contributed by atoms with Crippen molar-refractivity contribution in [2.24, 2.45) is 0 Å². The quantitative estimate of drug-likeness (QED) is 0.883. The summed E-state index contributed by atoms with van der Waals surface area (Å²) in [6.45, 7) is 4.04. The number of amides is 1. The molecule has 2 N–H and O–H groups in total. The second kappa shape index (κ2) is 7.32. The number of aliphatic hydroxyl groups excluding tert-OH is 1. The lowest BCUT2D eigenvalue weighted by molar-refractivity contribution is -0.125. The third-order valence-corrected chi connectivity index (χ3v) is 4.83. The summed E-state index contributed by atoms with van der Waals surface area (Å²) in [5.41, 5.74) is 2.61. The minimum absolute atomic E-state index is 0.0184. The topological polar surface area (TPSA) is 61.8 Å². The molecule has 0 saturated carbocycles. The number of aryl methyl sites for hydroxylation is 1. The minimum Gasteiger partial charge on any atom is -0.391 e. The van der Waals surface area contributed by atoms with Gasteiger partial charge >= 0.3 is 0 Å². The highest BCUT2D eigenvalue weighted by atomic mass is 16.5. The standard InChI is InChI=1S/C18H26N2O3/c1-13(11-18(22)19-15-12-23-10-8-17(15)21)20-9-4-6-14-5-2-3-7-16(14)20/h2-3,5,7,13,15,17,21H,4,6,8-12H2,1H3,(H,19,22)/t13?,15-,17-/m1/s1. The van der Waals surface area contributed by atoms with Gasteiger partial charge in [-0.3, -0.25) is 4.79 Å². The van der Waals surface area contributed by atoms with Gasteiger partial charge in [0.05, 0.1) is 18.8 Å². The molecular weight excluding hydrogens is 292 g/mol. The first-order valence-corrected chi connectivity index (χ1v) is 8.55. The van der Waals surface area contributed by atoms with E-state index in [9.17, 15) is 9.90 Å². The van der Waals surface area contributed by atoms with Gasteiger partial charge in [-0.2, -0.15) is 0 Å². The molecule has 23 heavy (non-hydrogen) atoms. The molecule has 2 aliphatic heterocycles. The van der Waals surface area contributed by atoms with Crippen LogP contribution in [0.5, 0.6) is 0 Å². The molecule has 3 rings (SSSR count). The zero-order valence-electron chi connectivity index (χ0n) is 13.7. The summed E-state index contributed by atoms with van der Waals surface area (Å²) in [6.07, 6.45) is 2.74. The summed E-state index contributed by atoms with van der Waals surface area (Å²) in [5, 5.41) is 12.8. The van der Waals surface area contributed by atoms with Crippen molar-refractivity contribution in [2.45, 2.75) is 50.8 Å². The van der Waals surface area contributed by atoms with Gasteiger partial charge in [-0.15, -0.1) is 0 Å². The Kier molecular flexibility index (Phi) is 5.18. The number of aliphatic hydroxyl groups is 1.